The molecule has 1 N–H and O–H groups in total. The van der Waals surface area contributed by atoms with Crippen LogP contribution in [0.2, 0.25) is 0 Å². The molecule has 3 nitrogen and oxygen atoms in total. The molecule has 0 amide bonds. The number of rotatable bonds is 3. The molecule has 0 saturated heterocycles. The molecule has 0 fully saturated rings. The zero-order valence-corrected chi connectivity index (χ0v) is 13.3. The summed E-state index contributed by atoms with van der Waals surface area (Å²) in [5.74, 6) is 1.50. The van der Waals surface area contributed by atoms with Crippen LogP contribution in [0.15, 0.2) is 33.3 Å². The lowest BCUT2D eigenvalue weighted by atomic mass is 10.1. The van der Waals surface area contributed by atoms with Crippen molar-refractivity contribution in [1.29, 1.82) is 0 Å². The van der Waals surface area contributed by atoms with E-state index in [1.54, 1.807) is 6.20 Å². The maximum absolute atomic E-state index is 5.80. The van der Waals surface area contributed by atoms with E-state index in [-0.39, 0.29) is 5.54 Å². The summed E-state index contributed by atoms with van der Waals surface area (Å²) in [6, 6.07) is 6.18. The normalized spacial score (nSPS) is 11.8. The Morgan fingerprint density at radius 1 is 1.32 bits per heavy atom. The topological polar surface area (TPSA) is 38.1 Å². The summed E-state index contributed by atoms with van der Waals surface area (Å²) in [7, 11) is 0. The fourth-order valence-corrected chi connectivity index (χ4v) is 2.13. The lowest BCUT2D eigenvalue weighted by Crippen LogP contribution is -2.35. The minimum absolute atomic E-state index is 0.0541. The Balaban J connectivity index is 2.19. The van der Waals surface area contributed by atoms with Crippen LogP contribution in [0.25, 0.3) is 11.3 Å². The van der Waals surface area contributed by atoms with Gasteiger partial charge in [-0.15, -0.1) is 0 Å². The first-order chi connectivity index (χ1) is 8.85. The first-order valence-electron chi connectivity index (χ1n) is 6.31. The van der Waals surface area contributed by atoms with Crippen molar-refractivity contribution in [3.8, 4) is 11.3 Å². The van der Waals surface area contributed by atoms with Crippen molar-refractivity contribution in [1.82, 2.24) is 10.3 Å². The Morgan fingerprint density at radius 3 is 2.74 bits per heavy atom. The summed E-state index contributed by atoms with van der Waals surface area (Å²) in [4.78, 5) is 4.32. The molecule has 0 aliphatic rings. The van der Waals surface area contributed by atoms with Gasteiger partial charge in [0.2, 0.25) is 5.89 Å². The molecule has 2 aromatic rings. The molecule has 0 spiro atoms. The monoisotopic (exact) mass is 322 g/mol. The van der Waals surface area contributed by atoms with Crippen LogP contribution >= 0.6 is 15.9 Å². The smallest absolute Gasteiger partial charge is 0.208 e. The Hall–Kier alpha value is -1.13. The third-order valence-corrected chi connectivity index (χ3v) is 3.40. The predicted molar refractivity (Wildman–Crippen MR) is 81.0 cm³/mol. The number of hydrogen-bond acceptors (Lipinski definition) is 3. The Bertz CT molecular complexity index is 570. The van der Waals surface area contributed by atoms with Gasteiger partial charge in [0.1, 0.15) is 0 Å². The fraction of sp³-hybridized carbons (Fsp3) is 0.400. The van der Waals surface area contributed by atoms with E-state index in [0.717, 1.165) is 15.8 Å². The van der Waals surface area contributed by atoms with Gasteiger partial charge in [0.15, 0.2) is 5.76 Å². The lowest BCUT2D eigenvalue weighted by Gasteiger charge is -2.18. The SMILES string of the molecule is Cc1ccc(Br)c(-c2cnc(CNC(C)(C)C)o2)c1. The van der Waals surface area contributed by atoms with Gasteiger partial charge < -0.3 is 9.73 Å². The van der Waals surface area contributed by atoms with Gasteiger partial charge in [-0.2, -0.15) is 0 Å². The summed E-state index contributed by atoms with van der Waals surface area (Å²) < 4.78 is 6.82. The third kappa shape index (κ3) is 3.91. The van der Waals surface area contributed by atoms with Crippen LogP contribution in [0.5, 0.6) is 0 Å². The van der Waals surface area contributed by atoms with Crippen LogP contribution in [-0.2, 0) is 6.54 Å². The number of nitrogens with zero attached hydrogens (tertiary/aromatic N) is 1. The molecule has 0 bridgehead atoms. The molecule has 1 aromatic carbocycles. The van der Waals surface area contributed by atoms with Crippen molar-refractivity contribution in [2.45, 2.75) is 39.8 Å². The van der Waals surface area contributed by atoms with E-state index in [1.807, 2.05) is 6.07 Å². The van der Waals surface area contributed by atoms with Gasteiger partial charge in [0.05, 0.1) is 12.7 Å². The maximum Gasteiger partial charge on any atom is 0.208 e. The molecule has 1 aromatic heterocycles. The first-order valence-corrected chi connectivity index (χ1v) is 7.11. The Morgan fingerprint density at radius 2 is 2.05 bits per heavy atom. The molecule has 2 rings (SSSR count). The number of hydrogen-bond donors (Lipinski definition) is 1. The van der Waals surface area contributed by atoms with Crippen LogP contribution in [-0.4, -0.2) is 10.5 Å². The highest BCUT2D eigenvalue weighted by Gasteiger charge is 2.13. The largest absolute Gasteiger partial charge is 0.439 e. The highest BCUT2D eigenvalue weighted by molar-refractivity contribution is 9.10. The van der Waals surface area contributed by atoms with E-state index in [2.05, 4.69) is 66.1 Å². The second-order valence-corrected chi connectivity index (χ2v) is 6.56. The molecule has 4 heteroatoms. The quantitative estimate of drug-likeness (QED) is 0.915. The number of oxazole rings is 1. The summed E-state index contributed by atoms with van der Waals surface area (Å²) in [6.45, 7) is 9.05. The summed E-state index contributed by atoms with van der Waals surface area (Å²) in [6.07, 6.45) is 1.78. The molecule has 0 unspecified atom stereocenters. The number of halogens is 1. The van der Waals surface area contributed by atoms with E-state index >= 15 is 0 Å². The molecule has 0 radical (unpaired) electrons. The molecular formula is C15H19BrN2O. The molecule has 0 saturated carbocycles. The van der Waals surface area contributed by atoms with Crippen molar-refractivity contribution < 1.29 is 4.42 Å². The third-order valence-electron chi connectivity index (χ3n) is 2.71. The predicted octanol–water partition coefficient (Wildman–Crippen LogP) is 4.30. The average Bonchev–Trinajstić information content (AvgIpc) is 2.77. The number of benzene rings is 1. The van der Waals surface area contributed by atoms with E-state index < -0.39 is 0 Å². The maximum atomic E-state index is 5.80. The molecule has 0 atom stereocenters. The number of aromatic nitrogens is 1. The molecule has 0 aliphatic heterocycles. The van der Waals surface area contributed by atoms with Crippen molar-refractivity contribution in [3.05, 3.63) is 40.3 Å². The number of aryl methyl sites for hydroxylation is 1. The minimum Gasteiger partial charge on any atom is -0.439 e. The van der Waals surface area contributed by atoms with Gasteiger partial charge in [-0.05, 0) is 39.8 Å². The van der Waals surface area contributed by atoms with Gasteiger partial charge >= 0.3 is 0 Å². The summed E-state index contributed by atoms with van der Waals surface area (Å²) in [5, 5.41) is 3.36. The van der Waals surface area contributed by atoms with Crippen molar-refractivity contribution in [2.24, 2.45) is 0 Å². The van der Waals surface area contributed by atoms with Crippen LogP contribution in [0.4, 0.5) is 0 Å². The highest BCUT2D eigenvalue weighted by atomic mass is 79.9. The lowest BCUT2D eigenvalue weighted by molar-refractivity contribution is 0.383. The highest BCUT2D eigenvalue weighted by Crippen LogP contribution is 2.29. The Labute approximate surface area is 122 Å². The first kappa shape index (κ1) is 14.3. The van der Waals surface area contributed by atoms with Crippen LogP contribution in [0, 0.1) is 6.92 Å². The van der Waals surface area contributed by atoms with Gasteiger partial charge in [0, 0.05) is 15.6 Å². The molecule has 1 heterocycles. The number of nitrogens with one attached hydrogen (secondary N) is 1. The molecular weight excluding hydrogens is 304 g/mol. The van der Waals surface area contributed by atoms with E-state index in [1.165, 1.54) is 5.56 Å². The molecule has 0 aliphatic carbocycles. The summed E-state index contributed by atoms with van der Waals surface area (Å²) in [5.41, 5.74) is 2.29. The van der Waals surface area contributed by atoms with Gasteiger partial charge in [0.25, 0.3) is 0 Å². The average molecular weight is 323 g/mol. The van der Waals surface area contributed by atoms with Crippen LogP contribution in [0.1, 0.15) is 32.2 Å². The second-order valence-electron chi connectivity index (χ2n) is 5.71. The second kappa shape index (κ2) is 5.47. The zero-order chi connectivity index (χ0) is 14.0. The molecule has 19 heavy (non-hydrogen) atoms. The van der Waals surface area contributed by atoms with Crippen LogP contribution < -0.4 is 5.32 Å². The zero-order valence-electron chi connectivity index (χ0n) is 11.7. The van der Waals surface area contributed by atoms with Gasteiger partial charge in [-0.1, -0.05) is 27.6 Å². The van der Waals surface area contributed by atoms with Crippen molar-refractivity contribution in [3.63, 3.8) is 0 Å². The summed E-state index contributed by atoms with van der Waals surface area (Å²) >= 11 is 3.54. The van der Waals surface area contributed by atoms with Crippen molar-refractivity contribution >= 4 is 15.9 Å². The van der Waals surface area contributed by atoms with Gasteiger partial charge in [-0.3, -0.25) is 0 Å². The standard InChI is InChI=1S/C15H19BrN2O/c1-10-5-6-12(16)11(7-10)13-8-17-14(19-13)9-18-15(2,3)4/h5-8,18H,9H2,1-4H3. The fourth-order valence-electron chi connectivity index (χ4n) is 1.69. The van der Waals surface area contributed by atoms with E-state index in [9.17, 15) is 0 Å². The van der Waals surface area contributed by atoms with Crippen LogP contribution in [0.3, 0.4) is 0 Å². The van der Waals surface area contributed by atoms with Crippen molar-refractivity contribution in [2.75, 3.05) is 0 Å². The minimum atomic E-state index is 0.0541. The van der Waals surface area contributed by atoms with Gasteiger partial charge in [-0.25, -0.2) is 4.98 Å². The van der Waals surface area contributed by atoms with E-state index in [4.69, 9.17) is 4.42 Å². The van der Waals surface area contributed by atoms with E-state index in [0.29, 0.717) is 12.4 Å². The Kier molecular flexibility index (Phi) is 4.11. The molecule has 102 valence electrons.